The van der Waals surface area contributed by atoms with Crippen molar-refractivity contribution in [1.29, 1.82) is 0 Å². The Labute approximate surface area is 101 Å². The van der Waals surface area contributed by atoms with Crippen LogP contribution in [-0.4, -0.2) is 18.6 Å². The summed E-state index contributed by atoms with van der Waals surface area (Å²) < 4.78 is 5.47. The van der Waals surface area contributed by atoms with Crippen molar-refractivity contribution in [1.82, 2.24) is 5.32 Å². The SMILES string of the molecule is C#CC(CC)NC(=O)C1COc2ccccc21. The molecule has 0 aromatic heterocycles. The maximum absolute atomic E-state index is 12.0. The molecular formula is C14H15NO2. The highest BCUT2D eigenvalue weighted by Gasteiger charge is 2.30. The van der Waals surface area contributed by atoms with Crippen LogP contribution in [0.15, 0.2) is 24.3 Å². The van der Waals surface area contributed by atoms with Gasteiger partial charge in [0.1, 0.15) is 18.3 Å². The molecule has 0 fully saturated rings. The quantitative estimate of drug-likeness (QED) is 0.801. The highest BCUT2D eigenvalue weighted by molar-refractivity contribution is 5.86. The van der Waals surface area contributed by atoms with E-state index < -0.39 is 0 Å². The van der Waals surface area contributed by atoms with Crippen LogP contribution in [-0.2, 0) is 4.79 Å². The van der Waals surface area contributed by atoms with Gasteiger partial charge < -0.3 is 10.1 Å². The molecule has 1 amide bonds. The zero-order valence-corrected chi connectivity index (χ0v) is 9.77. The summed E-state index contributed by atoms with van der Waals surface area (Å²) in [6.07, 6.45) is 6.06. The number of para-hydroxylation sites is 1. The molecule has 1 aliphatic heterocycles. The van der Waals surface area contributed by atoms with Crippen LogP contribution in [0.5, 0.6) is 5.75 Å². The smallest absolute Gasteiger partial charge is 0.232 e. The first kappa shape index (κ1) is 11.5. The molecule has 1 aromatic carbocycles. The number of carbonyl (C=O) groups is 1. The van der Waals surface area contributed by atoms with Crippen LogP contribution in [0.1, 0.15) is 24.8 Å². The van der Waals surface area contributed by atoms with E-state index in [1.165, 1.54) is 0 Å². The number of ether oxygens (including phenoxy) is 1. The van der Waals surface area contributed by atoms with Gasteiger partial charge in [0.05, 0.1) is 6.04 Å². The molecule has 0 saturated heterocycles. The van der Waals surface area contributed by atoms with Gasteiger partial charge in [-0.1, -0.05) is 31.0 Å². The van der Waals surface area contributed by atoms with E-state index in [0.29, 0.717) is 6.61 Å². The van der Waals surface area contributed by atoms with Gasteiger partial charge in [0.15, 0.2) is 0 Å². The molecule has 88 valence electrons. The molecule has 1 aliphatic rings. The summed E-state index contributed by atoms with van der Waals surface area (Å²) in [5.74, 6) is 3.05. The number of hydrogen-bond donors (Lipinski definition) is 1. The van der Waals surface area contributed by atoms with Crippen LogP contribution in [0.3, 0.4) is 0 Å². The largest absolute Gasteiger partial charge is 0.492 e. The lowest BCUT2D eigenvalue weighted by Crippen LogP contribution is -2.37. The maximum atomic E-state index is 12.0. The minimum atomic E-state index is -0.242. The van der Waals surface area contributed by atoms with Gasteiger partial charge >= 0.3 is 0 Å². The van der Waals surface area contributed by atoms with Gasteiger partial charge in [0, 0.05) is 5.56 Å². The van der Waals surface area contributed by atoms with Gasteiger partial charge in [-0.15, -0.1) is 6.42 Å². The summed E-state index contributed by atoms with van der Waals surface area (Å²) in [5.41, 5.74) is 0.942. The Hall–Kier alpha value is -1.95. The monoisotopic (exact) mass is 229 g/mol. The second-order valence-electron chi connectivity index (χ2n) is 4.04. The topological polar surface area (TPSA) is 38.3 Å². The number of hydrogen-bond acceptors (Lipinski definition) is 2. The van der Waals surface area contributed by atoms with E-state index in [1.807, 2.05) is 31.2 Å². The molecule has 0 spiro atoms. The minimum absolute atomic E-state index is 0.0558. The second kappa shape index (κ2) is 4.92. The van der Waals surface area contributed by atoms with Crippen LogP contribution in [0, 0.1) is 12.3 Å². The normalized spacial score (nSPS) is 18.7. The van der Waals surface area contributed by atoms with E-state index in [0.717, 1.165) is 17.7 Å². The van der Waals surface area contributed by atoms with Crippen molar-refractivity contribution in [3.8, 4) is 18.1 Å². The van der Waals surface area contributed by atoms with Gasteiger partial charge in [0.2, 0.25) is 5.91 Å². The van der Waals surface area contributed by atoms with Crippen molar-refractivity contribution in [3.63, 3.8) is 0 Å². The first-order chi connectivity index (χ1) is 8.26. The lowest BCUT2D eigenvalue weighted by Gasteiger charge is -2.14. The maximum Gasteiger partial charge on any atom is 0.232 e. The molecule has 2 atom stereocenters. The molecule has 1 heterocycles. The van der Waals surface area contributed by atoms with Gasteiger partial charge in [-0.25, -0.2) is 0 Å². The minimum Gasteiger partial charge on any atom is -0.492 e. The molecule has 1 aromatic rings. The number of amides is 1. The lowest BCUT2D eigenvalue weighted by atomic mass is 10.00. The van der Waals surface area contributed by atoms with Gasteiger partial charge in [-0.3, -0.25) is 4.79 Å². The van der Waals surface area contributed by atoms with Gasteiger partial charge in [0.25, 0.3) is 0 Å². The fraction of sp³-hybridized carbons (Fsp3) is 0.357. The first-order valence-electron chi connectivity index (χ1n) is 5.74. The molecule has 0 aliphatic carbocycles. The lowest BCUT2D eigenvalue weighted by molar-refractivity contribution is -0.123. The molecule has 0 radical (unpaired) electrons. The Morgan fingerprint density at radius 1 is 1.65 bits per heavy atom. The van der Waals surface area contributed by atoms with Crippen LogP contribution in [0.25, 0.3) is 0 Å². The number of nitrogens with one attached hydrogen (secondary N) is 1. The van der Waals surface area contributed by atoms with E-state index in [-0.39, 0.29) is 17.9 Å². The third-order valence-corrected chi connectivity index (χ3v) is 2.94. The summed E-state index contributed by atoms with van der Waals surface area (Å²) in [7, 11) is 0. The van der Waals surface area contributed by atoms with Crippen molar-refractivity contribution < 1.29 is 9.53 Å². The Bertz CT molecular complexity index is 462. The van der Waals surface area contributed by atoms with E-state index in [9.17, 15) is 4.79 Å². The van der Waals surface area contributed by atoms with E-state index in [1.54, 1.807) is 0 Å². The fourth-order valence-corrected chi connectivity index (χ4v) is 1.91. The third-order valence-electron chi connectivity index (χ3n) is 2.94. The number of rotatable bonds is 3. The first-order valence-corrected chi connectivity index (χ1v) is 5.74. The van der Waals surface area contributed by atoms with Crippen molar-refractivity contribution in [2.24, 2.45) is 0 Å². The molecule has 17 heavy (non-hydrogen) atoms. The van der Waals surface area contributed by atoms with E-state index in [4.69, 9.17) is 11.2 Å². The zero-order chi connectivity index (χ0) is 12.3. The van der Waals surface area contributed by atoms with Crippen LogP contribution in [0.2, 0.25) is 0 Å². The average molecular weight is 229 g/mol. The summed E-state index contributed by atoms with van der Waals surface area (Å²) >= 11 is 0. The Morgan fingerprint density at radius 2 is 2.41 bits per heavy atom. The van der Waals surface area contributed by atoms with Crippen LogP contribution >= 0.6 is 0 Å². The number of benzene rings is 1. The van der Waals surface area contributed by atoms with Crippen LogP contribution < -0.4 is 10.1 Å². The van der Waals surface area contributed by atoms with Crippen LogP contribution in [0.4, 0.5) is 0 Å². The number of fused-ring (bicyclic) bond motifs is 1. The zero-order valence-electron chi connectivity index (χ0n) is 9.77. The Balaban J connectivity index is 2.10. The average Bonchev–Trinajstić information content (AvgIpc) is 2.79. The number of terminal acetylenes is 1. The standard InChI is InChI=1S/C14H15NO2/c1-3-10(4-2)15-14(16)12-9-17-13-8-6-5-7-11(12)13/h1,5-8,10,12H,4,9H2,2H3,(H,15,16). The van der Waals surface area contributed by atoms with Crippen molar-refractivity contribution >= 4 is 5.91 Å². The Morgan fingerprint density at radius 3 is 3.12 bits per heavy atom. The van der Waals surface area contributed by atoms with E-state index in [2.05, 4.69) is 11.2 Å². The highest BCUT2D eigenvalue weighted by Crippen LogP contribution is 2.33. The molecule has 0 bridgehead atoms. The Kier molecular flexibility index (Phi) is 3.34. The van der Waals surface area contributed by atoms with E-state index >= 15 is 0 Å². The molecule has 3 nitrogen and oxygen atoms in total. The predicted octanol–water partition coefficient (Wildman–Crippen LogP) is 1.69. The van der Waals surface area contributed by atoms with Gasteiger partial charge in [-0.2, -0.15) is 0 Å². The highest BCUT2D eigenvalue weighted by atomic mass is 16.5. The van der Waals surface area contributed by atoms with Crippen molar-refractivity contribution in [3.05, 3.63) is 29.8 Å². The molecule has 2 unspecified atom stereocenters. The van der Waals surface area contributed by atoms with Crippen molar-refractivity contribution in [2.75, 3.05) is 6.61 Å². The predicted molar refractivity (Wildman–Crippen MR) is 65.7 cm³/mol. The molecule has 1 N–H and O–H groups in total. The summed E-state index contributed by atoms with van der Waals surface area (Å²) in [6, 6.07) is 7.40. The number of carbonyl (C=O) groups excluding carboxylic acids is 1. The van der Waals surface area contributed by atoms with Crippen molar-refractivity contribution in [2.45, 2.75) is 25.3 Å². The fourth-order valence-electron chi connectivity index (χ4n) is 1.91. The second-order valence-corrected chi connectivity index (χ2v) is 4.04. The molecule has 2 rings (SSSR count). The molecular weight excluding hydrogens is 214 g/mol. The molecule has 0 saturated carbocycles. The summed E-state index contributed by atoms with van der Waals surface area (Å²) in [6.45, 7) is 2.34. The summed E-state index contributed by atoms with van der Waals surface area (Å²) in [5, 5.41) is 2.84. The summed E-state index contributed by atoms with van der Waals surface area (Å²) in [4.78, 5) is 12.0. The third kappa shape index (κ3) is 2.26. The van der Waals surface area contributed by atoms with Gasteiger partial charge in [-0.05, 0) is 12.5 Å². The molecule has 3 heteroatoms.